The quantitative estimate of drug-likeness (QED) is 0.841. The van der Waals surface area contributed by atoms with Gasteiger partial charge in [-0.15, -0.1) is 0 Å². The van der Waals surface area contributed by atoms with Crippen LogP contribution in [0.4, 0.5) is 5.69 Å². The third-order valence-corrected chi connectivity index (χ3v) is 4.15. The molecule has 2 unspecified atom stereocenters. The number of rotatable bonds is 2. The molecule has 2 atom stereocenters. The molecule has 0 amide bonds. The first-order valence-corrected chi connectivity index (χ1v) is 6.93. The van der Waals surface area contributed by atoms with E-state index in [1.807, 2.05) is 18.2 Å². The fourth-order valence-electron chi connectivity index (χ4n) is 2.68. The molecule has 1 aliphatic rings. The zero-order valence-electron chi connectivity index (χ0n) is 11.0. The minimum atomic E-state index is 0.551. The fourth-order valence-corrected chi connectivity index (χ4v) is 3.03. The number of likely N-dealkylation sites (N-methyl/N-ethyl adjacent to an activating group) is 1. The summed E-state index contributed by atoms with van der Waals surface area (Å²) in [6.07, 6.45) is 0. The molecular weight excluding hydrogens is 290 g/mol. The average molecular weight is 308 g/mol. The van der Waals surface area contributed by atoms with Crippen molar-refractivity contribution in [3.05, 3.63) is 28.2 Å². The topological polar surface area (TPSA) is 30.3 Å². The minimum Gasteiger partial charge on any atom is -0.369 e. The van der Waals surface area contributed by atoms with Crippen LogP contribution in [0.5, 0.6) is 0 Å². The van der Waals surface area contributed by atoms with Gasteiger partial charge in [-0.2, -0.15) is 5.26 Å². The molecule has 18 heavy (non-hydrogen) atoms. The van der Waals surface area contributed by atoms with E-state index in [-0.39, 0.29) is 0 Å². The molecule has 1 aromatic rings. The highest BCUT2D eigenvalue weighted by molar-refractivity contribution is 9.10. The Balaban J connectivity index is 2.29. The Hall–Kier alpha value is -1.05. The van der Waals surface area contributed by atoms with Crippen LogP contribution in [0.1, 0.15) is 12.5 Å². The van der Waals surface area contributed by atoms with E-state index >= 15 is 0 Å². The maximum Gasteiger partial charge on any atom is 0.101 e. The molecular formula is C14H18BrN3. The third kappa shape index (κ3) is 2.52. The van der Waals surface area contributed by atoms with E-state index < -0.39 is 0 Å². The molecule has 1 fully saturated rings. The molecule has 1 heterocycles. The van der Waals surface area contributed by atoms with Crippen LogP contribution in [-0.4, -0.2) is 38.1 Å². The molecule has 1 saturated heterocycles. The molecule has 0 bridgehead atoms. The smallest absolute Gasteiger partial charge is 0.101 e. The van der Waals surface area contributed by atoms with Crippen molar-refractivity contribution in [2.45, 2.75) is 13.0 Å². The Bertz CT molecular complexity index is 478. The lowest BCUT2D eigenvalue weighted by atomic mass is 10.1. The van der Waals surface area contributed by atoms with E-state index in [4.69, 9.17) is 0 Å². The lowest BCUT2D eigenvalue weighted by molar-refractivity contribution is 0.266. The maximum atomic E-state index is 9.21. The van der Waals surface area contributed by atoms with Gasteiger partial charge < -0.3 is 9.80 Å². The molecule has 0 aliphatic carbocycles. The highest BCUT2D eigenvalue weighted by atomic mass is 79.9. The van der Waals surface area contributed by atoms with Crippen LogP contribution >= 0.6 is 15.9 Å². The van der Waals surface area contributed by atoms with Gasteiger partial charge in [-0.3, -0.25) is 0 Å². The van der Waals surface area contributed by atoms with Gasteiger partial charge in [-0.25, -0.2) is 0 Å². The first-order chi connectivity index (χ1) is 8.52. The van der Waals surface area contributed by atoms with Crippen LogP contribution in [0.3, 0.4) is 0 Å². The highest BCUT2D eigenvalue weighted by Gasteiger charge is 2.32. The van der Waals surface area contributed by atoms with Gasteiger partial charge in [-0.05, 0) is 38.2 Å². The van der Waals surface area contributed by atoms with E-state index in [1.165, 1.54) is 0 Å². The van der Waals surface area contributed by atoms with E-state index in [0.717, 1.165) is 28.8 Å². The van der Waals surface area contributed by atoms with Crippen LogP contribution < -0.4 is 4.90 Å². The molecule has 96 valence electrons. The molecule has 0 spiro atoms. The van der Waals surface area contributed by atoms with Gasteiger partial charge >= 0.3 is 0 Å². The summed E-state index contributed by atoms with van der Waals surface area (Å²) >= 11 is 3.49. The number of halogens is 1. The van der Waals surface area contributed by atoms with Crippen molar-refractivity contribution in [2.75, 3.05) is 32.1 Å². The van der Waals surface area contributed by atoms with Crippen molar-refractivity contribution >= 4 is 21.6 Å². The van der Waals surface area contributed by atoms with Gasteiger partial charge in [0.25, 0.3) is 0 Å². The normalized spacial score (nSPS) is 23.4. The van der Waals surface area contributed by atoms with Gasteiger partial charge in [0.2, 0.25) is 0 Å². The van der Waals surface area contributed by atoms with Crippen molar-refractivity contribution < 1.29 is 0 Å². The largest absolute Gasteiger partial charge is 0.369 e. The van der Waals surface area contributed by atoms with Crippen LogP contribution in [-0.2, 0) is 0 Å². The van der Waals surface area contributed by atoms with Gasteiger partial charge in [-0.1, -0.05) is 22.9 Å². The molecule has 4 heteroatoms. The van der Waals surface area contributed by atoms with E-state index in [9.17, 15) is 5.26 Å². The predicted octanol–water partition coefficient (Wildman–Crippen LogP) is 2.71. The average Bonchev–Trinajstić information content (AvgIpc) is 2.71. The second kappa shape index (κ2) is 5.29. The first kappa shape index (κ1) is 13.4. The van der Waals surface area contributed by atoms with Crippen LogP contribution in [0, 0.1) is 17.2 Å². The maximum absolute atomic E-state index is 9.21. The van der Waals surface area contributed by atoms with Gasteiger partial charge in [0.05, 0.1) is 11.3 Å². The Morgan fingerprint density at radius 1 is 1.39 bits per heavy atom. The predicted molar refractivity (Wildman–Crippen MR) is 77.7 cm³/mol. The van der Waals surface area contributed by atoms with Crippen molar-refractivity contribution in [3.8, 4) is 6.07 Å². The number of nitriles is 1. The zero-order chi connectivity index (χ0) is 13.3. The van der Waals surface area contributed by atoms with Crippen molar-refractivity contribution in [1.29, 1.82) is 5.26 Å². The molecule has 0 radical (unpaired) electrons. The monoisotopic (exact) mass is 307 g/mol. The van der Waals surface area contributed by atoms with Gasteiger partial charge in [0.15, 0.2) is 0 Å². The van der Waals surface area contributed by atoms with Crippen molar-refractivity contribution in [2.24, 2.45) is 5.92 Å². The number of anilines is 1. The number of hydrogen-bond donors (Lipinski definition) is 0. The number of benzene rings is 1. The van der Waals surface area contributed by atoms with Crippen LogP contribution in [0.15, 0.2) is 22.7 Å². The van der Waals surface area contributed by atoms with Crippen LogP contribution in [0.2, 0.25) is 0 Å². The minimum absolute atomic E-state index is 0.551. The van der Waals surface area contributed by atoms with Crippen molar-refractivity contribution in [3.63, 3.8) is 0 Å². The molecule has 0 saturated carbocycles. The second-order valence-corrected chi connectivity index (χ2v) is 6.10. The summed E-state index contributed by atoms with van der Waals surface area (Å²) in [5.41, 5.74) is 1.80. The van der Waals surface area contributed by atoms with Gasteiger partial charge in [0, 0.05) is 23.6 Å². The SMILES string of the molecule is CC1CN(c2cc(Br)ccc2C#N)CC1N(C)C. The van der Waals surface area contributed by atoms with E-state index in [2.05, 4.69) is 52.8 Å². The summed E-state index contributed by atoms with van der Waals surface area (Å²) in [5.74, 6) is 0.616. The first-order valence-electron chi connectivity index (χ1n) is 6.14. The Labute approximate surface area is 117 Å². The summed E-state index contributed by atoms with van der Waals surface area (Å²) in [6.45, 7) is 4.27. The fraction of sp³-hybridized carbons (Fsp3) is 0.500. The summed E-state index contributed by atoms with van der Waals surface area (Å²) in [7, 11) is 4.24. The van der Waals surface area contributed by atoms with E-state index in [0.29, 0.717) is 12.0 Å². The molecule has 3 nitrogen and oxygen atoms in total. The third-order valence-electron chi connectivity index (χ3n) is 3.66. The lowest BCUT2D eigenvalue weighted by Gasteiger charge is -2.23. The highest BCUT2D eigenvalue weighted by Crippen LogP contribution is 2.30. The lowest BCUT2D eigenvalue weighted by Crippen LogP contribution is -2.34. The van der Waals surface area contributed by atoms with E-state index in [1.54, 1.807) is 0 Å². The Morgan fingerprint density at radius 3 is 2.67 bits per heavy atom. The molecule has 2 rings (SSSR count). The van der Waals surface area contributed by atoms with Crippen LogP contribution in [0.25, 0.3) is 0 Å². The summed E-state index contributed by atoms with van der Waals surface area (Å²) in [5, 5.41) is 9.21. The zero-order valence-corrected chi connectivity index (χ0v) is 12.6. The molecule has 1 aromatic carbocycles. The summed E-state index contributed by atoms with van der Waals surface area (Å²) < 4.78 is 1.03. The van der Waals surface area contributed by atoms with Gasteiger partial charge in [0.1, 0.15) is 6.07 Å². The summed E-state index contributed by atoms with van der Waals surface area (Å²) in [4.78, 5) is 4.59. The Kier molecular flexibility index (Phi) is 3.94. The Morgan fingerprint density at radius 2 is 2.11 bits per heavy atom. The van der Waals surface area contributed by atoms with Crippen molar-refractivity contribution in [1.82, 2.24) is 4.90 Å². The molecule has 0 aromatic heterocycles. The molecule has 1 aliphatic heterocycles. The standard InChI is InChI=1S/C14H18BrN3/c1-10-8-18(9-14(10)17(2)3)13-6-12(15)5-4-11(13)7-16/h4-6,10,14H,8-9H2,1-3H3. The summed E-state index contributed by atoms with van der Waals surface area (Å²) in [6, 6.07) is 8.68. The number of nitrogens with zero attached hydrogens (tertiary/aromatic N) is 3. The second-order valence-electron chi connectivity index (χ2n) is 5.19. The number of hydrogen-bond acceptors (Lipinski definition) is 3. The molecule has 0 N–H and O–H groups in total.